The van der Waals surface area contributed by atoms with Gasteiger partial charge in [0.25, 0.3) is 0 Å². The number of methoxy groups -OCH3 is 1. The van der Waals surface area contributed by atoms with Gasteiger partial charge in [-0.1, -0.05) is 43.5 Å². The first kappa shape index (κ1) is 13.4. The molecule has 4 nitrogen and oxygen atoms in total. The Balaban J connectivity index is 1.74. The van der Waals surface area contributed by atoms with Crippen LogP contribution in [-0.2, 0) is 20.2 Å². The van der Waals surface area contributed by atoms with E-state index in [0.29, 0.717) is 17.0 Å². The van der Waals surface area contributed by atoms with E-state index in [9.17, 15) is 4.79 Å². The van der Waals surface area contributed by atoms with E-state index in [-0.39, 0.29) is 11.9 Å². The van der Waals surface area contributed by atoms with Gasteiger partial charge in [-0.2, -0.15) is 0 Å². The summed E-state index contributed by atoms with van der Waals surface area (Å²) in [6, 6.07) is 7.46. The summed E-state index contributed by atoms with van der Waals surface area (Å²) in [5, 5.41) is 0. The first-order chi connectivity index (χ1) is 10.2. The average molecular weight is 288 g/mol. The van der Waals surface area contributed by atoms with Crippen LogP contribution in [0.15, 0.2) is 24.3 Å². The van der Waals surface area contributed by atoms with Crippen LogP contribution >= 0.6 is 0 Å². The molecule has 1 aromatic carbocycles. The molecule has 0 unspecified atom stereocenters. The molecule has 2 bridgehead atoms. The highest BCUT2D eigenvalue weighted by Gasteiger charge is 2.59. The van der Waals surface area contributed by atoms with Gasteiger partial charge in [-0.15, -0.1) is 0 Å². The molecule has 2 fully saturated rings. The second-order valence-corrected chi connectivity index (χ2v) is 6.19. The van der Waals surface area contributed by atoms with Crippen LogP contribution in [0.5, 0.6) is 0 Å². The van der Waals surface area contributed by atoms with Crippen LogP contribution in [0.25, 0.3) is 0 Å². The molecule has 1 aliphatic carbocycles. The molecule has 1 saturated carbocycles. The topological polar surface area (TPSA) is 44.8 Å². The van der Waals surface area contributed by atoms with E-state index in [1.54, 1.807) is 7.11 Å². The number of benzene rings is 1. The monoisotopic (exact) mass is 288 g/mol. The molecule has 1 saturated heterocycles. The van der Waals surface area contributed by atoms with E-state index in [1.807, 2.05) is 24.3 Å². The van der Waals surface area contributed by atoms with Crippen molar-refractivity contribution in [1.29, 1.82) is 0 Å². The number of ketones is 1. The van der Waals surface area contributed by atoms with Crippen molar-refractivity contribution in [3.8, 4) is 0 Å². The second kappa shape index (κ2) is 4.90. The minimum absolute atomic E-state index is 0.0337. The maximum absolute atomic E-state index is 12.7. The fourth-order valence-electron chi connectivity index (χ4n) is 3.96. The number of carbonyl (C=O) groups is 1. The number of rotatable bonds is 2. The molecule has 21 heavy (non-hydrogen) atoms. The minimum atomic E-state index is -1.20. The van der Waals surface area contributed by atoms with E-state index in [1.165, 1.54) is 19.3 Å². The lowest BCUT2D eigenvalue weighted by Gasteiger charge is -2.30. The van der Waals surface area contributed by atoms with Gasteiger partial charge in [-0.25, -0.2) is 0 Å². The zero-order valence-electron chi connectivity index (χ0n) is 12.2. The summed E-state index contributed by atoms with van der Waals surface area (Å²) in [6.45, 7) is 0. The van der Waals surface area contributed by atoms with E-state index < -0.39 is 12.1 Å². The summed E-state index contributed by atoms with van der Waals surface area (Å²) in [6.07, 6.45) is 5.19. The lowest BCUT2D eigenvalue weighted by Crippen LogP contribution is -2.40. The van der Waals surface area contributed by atoms with Gasteiger partial charge in [0, 0.05) is 12.7 Å². The predicted molar refractivity (Wildman–Crippen MR) is 75.8 cm³/mol. The highest BCUT2D eigenvalue weighted by Crippen LogP contribution is 2.48. The second-order valence-electron chi connectivity index (χ2n) is 6.19. The Labute approximate surface area is 124 Å². The van der Waals surface area contributed by atoms with Gasteiger partial charge in [0.15, 0.2) is 11.9 Å². The number of fused-ring (bicyclic) bond motifs is 4. The molecule has 0 spiro atoms. The molecule has 4 rings (SSSR count). The van der Waals surface area contributed by atoms with Gasteiger partial charge in [0.1, 0.15) is 6.10 Å². The van der Waals surface area contributed by atoms with Crippen molar-refractivity contribution in [3.05, 3.63) is 35.4 Å². The Morgan fingerprint density at radius 1 is 1.14 bits per heavy atom. The molecule has 1 aromatic rings. The van der Waals surface area contributed by atoms with Crippen molar-refractivity contribution >= 4 is 5.78 Å². The third kappa shape index (κ3) is 1.90. The van der Waals surface area contributed by atoms with Crippen LogP contribution in [0.4, 0.5) is 0 Å². The predicted octanol–water partition coefficient (Wildman–Crippen LogP) is 3.00. The normalized spacial score (nSPS) is 35.8. The fourth-order valence-corrected chi connectivity index (χ4v) is 3.96. The Morgan fingerprint density at radius 3 is 2.67 bits per heavy atom. The molecule has 3 aliphatic rings. The van der Waals surface area contributed by atoms with Crippen molar-refractivity contribution in [3.63, 3.8) is 0 Å². The number of hydrogen-bond acceptors (Lipinski definition) is 4. The fraction of sp³-hybridized carbons (Fsp3) is 0.588. The summed E-state index contributed by atoms with van der Waals surface area (Å²) in [4.78, 5) is 12.7. The number of ether oxygens (including phenoxy) is 3. The van der Waals surface area contributed by atoms with Crippen LogP contribution in [-0.4, -0.2) is 25.1 Å². The van der Waals surface area contributed by atoms with Crippen LogP contribution in [0, 0.1) is 5.92 Å². The maximum atomic E-state index is 12.7. The zero-order chi connectivity index (χ0) is 14.4. The molecule has 0 aromatic heterocycles. The highest BCUT2D eigenvalue weighted by atomic mass is 16.9. The Kier molecular flexibility index (Phi) is 3.14. The van der Waals surface area contributed by atoms with Crippen LogP contribution < -0.4 is 0 Å². The number of carbonyl (C=O) groups excluding carboxylic acids is 1. The van der Waals surface area contributed by atoms with Gasteiger partial charge in [-0.3, -0.25) is 4.79 Å². The van der Waals surface area contributed by atoms with Gasteiger partial charge in [-0.05, 0) is 18.8 Å². The molecule has 4 heteroatoms. The summed E-state index contributed by atoms with van der Waals surface area (Å²) < 4.78 is 17.7. The largest absolute Gasteiger partial charge is 0.327 e. The summed E-state index contributed by atoms with van der Waals surface area (Å²) in [5.74, 6) is -0.775. The zero-order valence-corrected chi connectivity index (χ0v) is 12.2. The van der Waals surface area contributed by atoms with Crippen molar-refractivity contribution in [1.82, 2.24) is 0 Å². The lowest BCUT2D eigenvalue weighted by molar-refractivity contribution is -0.345. The SMILES string of the molecule is CO[C@@]12O[C@H](C3CCCCC3)[C@@H](O1)C(=O)c1ccccc12. The lowest BCUT2D eigenvalue weighted by atomic mass is 9.81. The molecule has 0 radical (unpaired) electrons. The molecule has 2 aliphatic heterocycles. The standard InChI is InChI=1S/C17H20O4/c1-19-17-13-10-6-5-9-12(13)14(18)16(21-17)15(20-17)11-7-3-2-4-8-11/h5-6,9-11,15-16H,2-4,7-8H2,1H3/t15-,16+,17+/m1/s1. The first-order valence-electron chi connectivity index (χ1n) is 7.80. The Bertz CT molecular complexity index is 564. The molecule has 0 N–H and O–H groups in total. The van der Waals surface area contributed by atoms with Crippen molar-refractivity contribution in [2.75, 3.05) is 7.11 Å². The Hall–Kier alpha value is -1.23. The van der Waals surface area contributed by atoms with Crippen LogP contribution in [0.1, 0.15) is 48.0 Å². The van der Waals surface area contributed by atoms with Gasteiger partial charge >= 0.3 is 5.97 Å². The molecule has 2 heterocycles. The molecule has 3 atom stereocenters. The van der Waals surface area contributed by atoms with E-state index >= 15 is 0 Å². The molecular weight excluding hydrogens is 268 g/mol. The molecule has 0 amide bonds. The highest BCUT2D eigenvalue weighted by molar-refractivity contribution is 6.02. The summed E-state index contributed by atoms with van der Waals surface area (Å²) >= 11 is 0. The molecule has 112 valence electrons. The summed E-state index contributed by atoms with van der Waals surface area (Å²) in [7, 11) is 1.58. The van der Waals surface area contributed by atoms with Gasteiger partial charge in [0.05, 0.1) is 5.56 Å². The maximum Gasteiger partial charge on any atom is 0.313 e. The number of Topliss-reactive ketones (excluding diaryl/α,β-unsaturated/α-hetero) is 1. The molecular formula is C17H20O4. The quantitative estimate of drug-likeness (QED) is 0.839. The third-order valence-corrected chi connectivity index (χ3v) is 5.04. The third-order valence-electron chi connectivity index (χ3n) is 5.04. The van der Waals surface area contributed by atoms with Crippen molar-refractivity contribution in [2.24, 2.45) is 5.92 Å². The van der Waals surface area contributed by atoms with Crippen molar-refractivity contribution in [2.45, 2.75) is 50.3 Å². The van der Waals surface area contributed by atoms with Crippen molar-refractivity contribution < 1.29 is 19.0 Å². The Morgan fingerprint density at radius 2 is 1.90 bits per heavy atom. The van der Waals surface area contributed by atoms with Crippen LogP contribution in [0.3, 0.4) is 0 Å². The summed E-state index contributed by atoms with van der Waals surface area (Å²) in [5.41, 5.74) is 1.38. The van der Waals surface area contributed by atoms with E-state index in [0.717, 1.165) is 12.8 Å². The number of hydrogen-bond donors (Lipinski definition) is 0. The van der Waals surface area contributed by atoms with Gasteiger partial charge in [0.2, 0.25) is 0 Å². The minimum Gasteiger partial charge on any atom is -0.327 e. The van der Waals surface area contributed by atoms with E-state index in [2.05, 4.69) is 0 Å². The average Bonchev–Trinajstić information content (AvgIpc) is 2.92. The van der Waals surface area contributed by atoms with Crippen LogP contribution in [0.2, 0.25) is 0 Å². The van der Waals surface area contributed by atoms with E-state index in [4.69, 9.17) is 14.2 Å². The van der Waals surface area contributed by atoms with Gasteiger partial charge < -0.3 is 14.2 Å². The smallest absolute Gasteiger partial charge is 0.313 e. The first-order valence-corrected chi connectivity index (χ1v) is 7.80.